The van der Waals surface area contributed by atoms with Crippen LogP contribution in [0.5, 0.6) is 0 Å². The first-order valence-corrected chi connectivity index (χ1v) is 19.0. The third-order valence-electron chi connectivity index (χ3n) is 3.73. The van der Waals surface area contributed by atoms with Crippen molar-refractivity contribution in [1.29, 1.82) is 0 Å². The minimum absolute atomic E-state index is 0. The van der Waals surface area contributed by atoms with E-state index in [1.807, 2.05) is 77.2 Å². The summed E-state index contributed by atoms with van der Waals surface area (Å²) in [4.78, 5) is 19.1. The Balaban J connectivity index is -0.000000387. The predicted octanol–water partition coefficient (Wildman–Crippen LogP) is 5.96. The maximum atomic E-state index is 4.55. The molecule has 0 aromatic carbocycles. The van der Waals surface area contributed by atoms with Gasteiger partial charge in [0.1, 0.15) is 0 Å². The van der Waals surface area contributed by atoms with Gasteiger partial charge < -0.3 is 19.8 Å². The number of anilines is 2. The van der Waals surface area contributed by atoms with Crippen molar-refractivity contribution in [3.8, 4) is 0 Å². The molecule has 0 aliphatic heterocycles. The van der Waals surface area contributed by atoms with Gasteiger partial charge in [-0.25, -0.2) is 9.97 Å². The van der Waals surface area contributed by atoms with Crippen molar-refractivity contribution in [2.45, 2.75) is 79.1 Å². The molecule has 0 spiro atoms. The van der Waals surface area contributed by atoms with Gasteiger partial charge in [0.05, 0.1) is 0 Å². The van der Waals surface area contributed by atoms with E-state index in [0.29, 0.717) is 12.1 Å². The van der Waals surface area contributed by atoms with Crippen molar-refractivity contribution in [3.63, 3.8) is 0 Å². The molecule has 2 rings (SSSR count). The van der Waals surface area contributed by atoms with Crippen molar-refractivity contribution in [3.05, 3.63) is 59.0 Å². The number of hydrogen-bond acceptors (Lipinski definition) is 2. The molecule has 0 amide bonds. The summed E-state index contributed by atoms with van der Waals surface area (Å²) in [5.74, 6) is 0. The van der Waals surface area contributed by atoms with Gasteiger partial charge in [-0.05, 0) is 0 Å². The normalized spacial score (nSPS) is 10.5. The summed E-state index contributed by atoms with van der Waals surface area (Å²) in [6.07, 6.45) is 7.65. The molecular weight excluding hydrogens is 477 g/mol. The third kappa shape index (κ3) is 29.1. The first-order valence-electron chi connectivity index (χ1n) is 12.2. The number of aromatic nitrogens is 2. The predicted molar refractivity (Wildman–Crippen MR) is 164 cm³/mol. The third-order valence-corrected chi connectivity index (χ3v) is 6.31. The number of rotatable bonds is 6. The van der Waals surface area contributed by atoms with Crippen LogP contribution in [-0.4, -0.2) is 79.8 Å². The van der Waals surface area contributed by atoms with Crippen molar-refractivity contribution >= 4 is 50.9 Å². The molecule has 196 valence electrons. The molecule has 0 saturated carbocycles. The van der Waals surface area contributed by atoms with E-state index in [1.165, 1.54) is 11.4 Å². The molecule has 6 nitrogen and oxygen atoms in total. The van der Waals surface area contributed by atoms with Crippen LogP contribution in [0.3, 0.4) is 0 Å². The van der Waals surface area contributed by atoms with Gasteiger partial charge in [-0.3, -0.25) is 0 Å². The van der Waals surface area contributed by atoms with Gasteiger partial charge in [0, 0.05) is 63.8 Å². The van der Waals surface area contributed by atoms with Gasteiger partial charge >= 0.3 is 23.1 Å². The molecule has 0 radical (unpaired) electrons. The summed E-state index contributed by atoms with van der Waals surface area (Å²) in [7, 11) is 5.90. The van der Waals surface area contributed by atoms with Gasteiger partial charge in [0.15, 0.2) is 24.8 Å². The Morgan fingerprint density at radius 3 is 0.886 bits per heavy atom. The second kappa shape index (κ2) is 20.1. The zero-order chi connectivity index (χ0) is 26.9. The summed E-state index contributed by atoms with van der Waals surface area (Å²) < 4.78 is 0. The van der Waals surface area contributed by atoms with Crippen LogP contribution < -0.4 is 19.8 Å². The molecule has 2 heterocycles. The van der Waals surface area contributed by atoms with E-state index in [0.717, 1.165) is 0 Å². The molecule has 35 heavy (non-hydrogen) atoms. The van der Waals surface area contributed by atoms with E-state index in [2.05, 4.69) is 96.7 Å². The van der Waals surface area contributed by atoms with Crippen LogP contribution in [0.15, 0.2) is 49.1 Å². The molecule has 0 fully saturated rings. The molecule has 2 aromatic rings. The number of hydrogen-bond donors (Lipinski definition) is 0. The van der Waals surface area contributed by atoms with Gasteiger partial charge in [-0.2, -0.15) is 0 Å². The molecule has 0 unspecified atom stereocenters. The second-order valence-corrected chi connectivity index (χ2v) is 20.3. The maximum absolute atomic E-state index is 4.55. The zero-order valence-electron chi connectivity index (χ0n) is 25.3. The Kier molecular flexibility index (Phi) is 22.2. The van der Waals surface area contributed by atoms with Crippen molar-refractivity contribution < 1.29 is 9.97 Å². The van der Waals surface area contributed by atoms with Crippen LogP contribution in [0.1, 0.15) is 27.7 Å². The minimum atomic E-state index is -1.10. The molecule has 2 aromatic heterocycles. The van der Waals surface area contributed by atoms with E-state index in [-0.39, 0.29) is 23.1 Å². The fourth-order valence-electron chi connectivity index (χ4n) is 2.90. The molecule has 0 bridgehead atoms. The minimum Gasteiger partial charge on any atom is -0.663 e. The van der Waals surface area contributed by atoms with Gasteiger partial charge in [0.25, 0.3) is 0 Å². The average Bonchev–Trinajstić information content (AvgIpc) is 2.67. The van der Waals surface area contributed by atoms with E-state index >= 15 is 0 Å². The average molecular weight is 531 g/mol. The summed E-state index contributed by atoms with van der Waals surface area (Å²) >= 11 is 0. The topological polar surface area (TPSA) is 63.0 Å². The number of pyridine rings is 2. The van der Waals surface area contributed by atoms with Crippen LogP contribution in [0, 0.1) is 0 Å². The molecular formula is C26H54MgN6Si2+2. The molecule has 0 aliphatic rings. The van der Waals surface area contributed by atoms with Crippen molar-refractivity contribution in [2.24, 2.45) is 0 Å². The van der Waals surface area contributed by atoms with E-state index in [1.54, 1.807) is 0 Å². The summed E-state index contributed by atoms with van der Waals surface area (Å²) in [6.45, 7) is 22.1. The number of aromatic amines is 2. The van der Waals surface area contributed by atoms with Gasteiger partial charge in [0.2, 0.25) is 0 Å². The van der Waals surface area contributed by atoms with Crippen LogP contribution in [-0.2, 0) is 0 Å². The fraction of sp³-hybridized carbons (Fsp3) is 0.615. The first-order chi connectivity index (χ1) is 15.4. The van der Waals surface area contributed by atoms with Crippen molar-refractivity contribution in [1.82, 2.24) is 0 Å². The zero-order valence-corrected chi connectivity index (χ0v) is 28.7. The van der Waals surface area contributed by atoms with Gasteiger partial charge in [-0.1, -0.05) is 83.4 Å². The molecule has 2 N–H and O–H groups in total. The number of nitrogens with zero attached hydrogens (tertiary/aromatic N) is 4. The standard InChI is InChI=1S/2C7H10N2.2C6H16NSi.Mg/c2*1-9(2)7-3-5-8-6-4-7;2*1-6(2)7-8(3,4)5;/h2*3-6H,1-2H3;2*6H,1-5H3;/q;;2*-1;+2/p+2. The Morgan fingerprint density at radius 1 is 0.571 bits per heavy atom. The smallest absolute Gasteiger partial charge is 0.663 e. The number of H-pyrrole nitrogens is 2. The Bertz CT molecular complexity index is 653. The van der Waals surface area contributed by atoms with Crippen LogP contribution in [0.25, 0.3) is 9.96 Å². The maximum Gasteiger partial charge on any atom is 2.00 e. The van der Waals surface area contributed by atoms with Crippen LogP contribution >= 0.6 is 0 Å². The molecule has 0 aliphatic carbocycles. The quantitative estimate of drug-likeness (QED) is 0.432. The Hall–Kier alpha value is -0.980. The Labute approximate surface area is 236 Å². The van der Waals surface area contributed by atoms with E-state index < -0.39 is 16.5 Å². The van der Waals surface area contributed by atoms with Gasteiger partial charge in [-0.15, -0.1) is 12.1 Å². The monoisotopic (exact) mass is 530 g/mol. The molecule has 0 atom stereocenters. The summed E-state index contributed by atoms with van der Waals surface area (Å²) in [5.41, 5.74) is 2.43. The summed E-state index contributed by atoms with van der Waals surface area (Å²) in [6, 6.07) is 9.17. The summed E-state index contributed by atoms with van der Waals surface area (Å²) in [5, 5.41) is 0. The van der Waals surface area contributed by atoms with Crippen LogP contribution in [0.2, 0.25) is 39.3 Å². The molecule has 0 saturated heterocycles. The van der Waals surface area contributed by atoms with Crippen LogP contribution in [0.4, 0.5) is 11.4 Å². The van der Waals surface area contributed by atoms with E-state index in [9.17, 15) is 0 Å². The first kappa shape index (κ1) is 38.5. The second-order valence-electron chi connectivity index (χ2n) is 11.1. The SMILES string of the molecule is CC(C)[N-][Si](C)(C)C.CC(C)[N-][Si](C)(C)C.CN(C)c1cc[nH+]cc1.CN(C)c1cc[nH+]cc1.[Mg+2]. The Morgan fingerprint density at radius 2 is 0.800 bits per heavy atom. The molecule has 9 heteroatoms. The van der Waals surface area contributed by atoms with Crippen molar-refractivity contribution in [2.75, 3.05) is 38.0 Å². The fourth-order valence-corrected chi connectivity index (χ4v) is 6.00. The largest absolute Gasteiger partial charge is 2.00 e. The van der Waals surface area contributed by atoms with E-state index in [4.69, 9.17) is 0 Å². The number of nitrogens with one attached hydrogen (secondary N) is 2.